The van der Waals surface area contributed by atoms with Gasteiger partial charge in [-0.25, -0.2) is 4.79 Å². The molecule has 8 nitrogen and oxygen atoms in total. The van der Waals surface area contributed by atoms with E-state index in [0.29, 0.717) is 25.3 Å². The first-order valence-corrected chi connectivity index (χ1v) is 22.4. The molecule has 0 aliphatic heterocycles. The second kappa shape index (κ2) is 40.3. The van der Waals surface area contributed by atoms with E-state index < -0.39 is 12.1 Å². The highest BCUT2D eigenvalue weighted by Crippen LogP contribution is 2.23. The number of nitrogens with zero attached hydrogens (tertiary/aromatic N) is 1. The van der Waals surface area contributed by atoms with Crippen LogP contribution in [0.25, 0.3) is 0 Å². The summed E-state index contributed by atoms with van der Waals surface area (Å²) in [7, 11) is 3.79. The van der Waals surface area contributed by atoms with Gasteiger partial charge in [0.2, 0.25) is 0 Å². The molecule has 0 saturated carbocycles. The van der Waals surface area contributed by atoms with Crippen molar-refractivity contribution in [2.75, 3.05) is 47.1 Å². The zero-order chi connectivity index (χ0) is 39.7. The van der Waals surface area contributed by atoms with E-state index in [0.717, 1.165) is 70.6 Å². The van der Waals surface area contributed by atoms with Crippen LogP contribution in [0, 0.1) is 11.8 Å². The number of hydrogen-bond donors (Lipinski definition) is 0. The van der Waals surface area contributed by atoms with Gasteiger partial charge in [0.05, 0.1) is 5.92 Å². The third-order valence-corrected chi connectivity index (χ3v) is 9.87. The van der Waals surface area contributed by atoms with Crippen LogP contribution >= 0.6 is 0 Å². The van der Waals surface area contributed by atoms with Crippen LogP contribution in [0.2, 0.25) is 0 Å². The third-order valence-electron chi connectivity index (χ3n) is 9.87. The molecule has 0 aromatic carbocycles. The van der Waals surface area contributed by atoms with E-state index in [1.165, 1.54) is 89.9 Å². The summed E-state index contributed by atoms with van der Waals surface area (Å²) in [5.41, 5.74) is 0. The fourth-order valence-corrected chi connectivity index (χ4v) is 6.33. The fraction of sp³-hybridized carbons (Fsp3) is 0.848. The number of ether oxygens (including phenoxy) is 4. The van der Waals surface area contributed by atoms with E-state index in [2.05, 4.69) is 45.1 Å². The highest BCUT2D eigenvalue weighted by atomic mass is 16.7. The third kappa shape index (κ3) is 37.9. The average Bonchev–Trinajstić information content (AvgIpc) is 3.15. The molecule has 0 saturated heterocycles. The Kier molecular flexibility index (Phi) is 38.6. The largest absolute Gasteiger partial charge is 0.508 e. The maximum Gasteiger partial charge on any atom is 0.508 e. The Morgan fingerprint density at radius 2 is 0.963 bits per heavy atom. The summed E-state index contributed by atoms with van der Waals surface area (Å²) < 4.78 is 21.8. The number of allylic oxidation sites excluding steroid dienone is 4. The van der Waals surface area contributed by atoms with Gasteiger partial charge < -0.3 is 23.8 Å². The maximum atomic E-state index is 13.1. The van der Waals surface area contributed by atoms with E-state index in [-0.39, 0.29) is 38.4 Å². The van der Waals surface area contributed by atoms with Crippen molar-refractivity contribution in [2.24, 2.45) is 11.8 Å². The average molecular weight is 764 g/mol. The first kappa shape index (κ1) is 51.6. The Morgan fingerprint density at radius 3 is 1.54 bits per heavy atom. The molecule has 0 aliphatic carbocycles. The van der Waals surface area contributed by atoms with Crippen LogP contribution in [0.15, 0.2) is 24.3 Å². The molecule has 0 rings (SSSR count). The normalized spacial score (nSPS) is 12.3. The predicted molar refractivity (Wildman–Crippen MR) is 225 cm³/mol. The number of unbranched alkanes of at least 4 members (excludes halogenated alkanes) is 18. The Balaban J connectivity index is 4.73. The van der Waals surface area contributed by atoms with Crippen LogP contribution in [0.5, 0.6) is 0 Å². The fourth-order valence-electron chi connectivity index (χ4n) is 6.33. The van der Waals surface area contributed by atoms with Crippen molar-refractivity contribution in [1.29, 1.82) is 0 Å². The first-order valence-electron chi connectivity index (χ1n) is 22.4. The second-order valence-corrected chi connectivity index (χ2v) is 15.6. The zero-order valence-electron chi connectivity index (χ0n) is 35.9. The number of carbonyl (C=O) groups is 3. The molecule has 0 fully saturated rings. The molecule has 0 heterocycles. The summed E-state index contributed by atoms with van der Waals surface area (Å²) in [5.74, 6) is -0.646. The molecule has 0 amide bonds. The van der Waals surface area contributed by atoms with Crippen molar-refractivity contribution >= 4 is 18.1 Å². The minimum atomic E-state index is -0.775. The lowest BCUT2D eigenvalue weighted by Crippen LogP contribution is -2.27. The Bertz CT molecular complexity index is 903. The lowest BCUT2D eigenvalue weighted by Gasteiger charge is -2.19. The summed E-state index contributed by atoms with van der Waals surface area (Å²) in [6.45, 7) is 7.51. The second-order valence-electron chi connectivity index (χ2n) is 15.6. The minimum absolute atomic E-state index is 0.0241. The van der Waals surface area contributed by atoms with Crippen LogP contribution in [0.3, 0.4) is 0 Å². The van der Waals surface area contributed by atoms with Gasteiger partial charge in [-0.05, 0) is 71.4 Å². The summed E-state index contributed by atoms with van der Waals surface area (Å²) in [4.78, 5) is 39.8. The standard InChI is InChI=1S/C46H85NO7/c1-6-9-12-15-18-19-20-21-22-23-24-25-26-29-32-35-44(48)52-39-43(41-54-46(50)51-37-36-47(4)5)40-53-45(49)38-42(33-30-27-16-13-10-7-2)34-31-28-17-14-11-8-3/h18-19,21-22,42-43H,6-17,20,23-41H2,1-5H3/b19-18-,22-21-. The van der Waals surface area contributed by atoms with Crippen molar-refractivity contribution < 1.29 is 33.3 Å². The minimum Gasteiger partial charge on any atom is -0.465 e. The van der Waals surface area contributed by atoms with E-state index in [9.17, 15) is 14.4 Å². The van der Waals surface area contributed by atoms with Gasteiger partial charge in [0.15, 0.2) is 0 Å². The van der Waals surface area contributed by atoms with Crippen molar-refractivity contribution in [2.45, 2.75) is 194 Å². The van der Waals surface area contributed by atoms with Crippen LogP contribution in [-0.2, 0) is 28.5 Å². The number of carbonyl (C=O) groups excluding carboxylic acids is 3. The van der Waals surface area contributed by atoms with Crippen LogP contribution < -0.4 is 0 Å². The highest BCUT2D eigenvalue weighted by molar-refractivity contribution is 5.70. The molecule has 0 aromatic rings. The van der Waals surface area contributed by atoms with Gasteiger partial charge in [0.1, 0.15) is 26.4 Å². The van der Waals surface area contributed by atoms with Crippen molar-refractivity contribution in [3.05, 3.63) is 24.3 Å². The number of hydrogen-bond acceptors (Lipinski definition) is 8. The smallest absolute Gasteiger partial charge is 0.465 e. The molecule has 0 radical (unpaired) electrons. The van der Waals surface area contributed by atoms with E-state index in [1.54, 1.807) is 0 Å². The number of likely N-dealkylation sites (N-methyl/N-ethyl adjacent to an activating group) is 1. The summed E-state index contributed by atoms with van der Waals surface area (Å²) >= 11 is 0. The summed E-state index contributed by atoms with van der Waals surface area (Å²) in [5, 5.41) is 0. The summed E-state index contributed by atoms with van der Waals surface area (Å²) in [6.07, 6.45) is 38.4. The SMILES string of the molecule is CCCCC/C=C\C/C=C\CCCCCCCC(=O)OCC(COC(=O)CC(CCCCCCCC)CCCCCCCC)COC(=O)OCCN(C)C. The Hall–Kier alpha value is -2.35. The topological polar surface area (TPSA) is 91.4 Å². The lowest BCUT2D eigenvalue weighted by molar-refractivity contribution is -0.150. The molecule has 316 valence electrons. The zero-order valence-corrected chi connectivity index (χ0v) is 35.9. The van der Waals surface area contributed by atoms with Crippen LogP contribution in [0.4, 0.5) is 4.79 Å². The van der Waals surface area contributed by atoms with E-state index in [1.807, 2.05) is 19.0 Å². The van der Waals surface area contributed by atoms with Gasteiger partial charge in [-0.15, -0.1) is 0 Å². The molecule has 0 bridgehead atoms. The predicted octanol–water partition coefficient (Wildman–Crippen LogP) is 12.7. The van der Waals surface area contributed by atoms with Crippen molar-refractivity contribution in [3.8, 4) is 0 Å². The highest BCUT2D eigenvalue weighted by Gasteiger charge is 2.20. The van der Waals surface area contributed by atoms with Crippen LogP contribution in [0.1, 0.15) is 194 Å². The van der Waals surface area contributed by atoms with E-state index in [4.69, 9.17) is 18.9 Å². The van der Waals surface area contributed by atoms with Gasteiger partial charge in [0.25, 0.3) is 0 Å². The Morgan fingerprint density at radius 1 is 0.500 bits per heavy atom. The lowest BCUT2D eigenvalue weighted by atomic mass is 9.91. The van der Waals surface area contributed by atoms with Crippen molar-refractivity contribution in [3.63, 3.8) is 0 Å². The van der Waals surface area contributed by atoms with Gasteiger partial charge in [-0.3, -0.25) is 9.59 Å². The van der Waals surface area contributed by atoms with Crippen molar-refractivity contribution in [1.82, 2.24) is 4.90 Å². The monoisotopic (exact) mass is 764 g/mol. The molecule has 1 unspecified atom stereocenters. The van der Waals surface area contributed by atoms with Gasteiger partial charge in [-0.2, -0.15) is 0 Å². The van der Waals surface area contributed by atoms with E-state index >= 15 is 0 Å². The molecular weight excluding hydrogens is 679 g/mol. The van der Waals surface area contributed by atoms with Gasteiger partial charge >= 0.3 is 18.1 Å². The molecule has 0 aromatic heterocycles. The number of rotatable bonds is 39. The Labute approximate surface area is 332 Å². The first-order chi connectivity index (χ1) is 26.3. The maximum absolute atomic E-state index is 13.1. The molecular formula is C46H85NO7. The molecule has 0 aliphatic rings. The van der Waals surface area contributed by atoms with Crippen LogP contribution in [-0.4, -0.2) is 70.1 Å². The quantitative estimate of drug-likeness (QED) is 0.0264. The summed E-state index contributed by atoms with van der Waals surface area (Å²) in [6, 6.07) is 0. The number of esters is 2. The van der Waals surface area contributed by atoms with Gasteiger partial charge in [0, 0.05) is 19.4 Å². The molecule has 0 spiro atoms. The van der Waals surface area contributed by atoms with Gasteiger partial charge in [-0.1, -0.05) is 154 Å². The molecule has 0 N–H and O–H groups in total. The molecule has 54 heavy (non-hydrogen) atoms. The molecule has 1 atom stereocenters. The molecule has 8 heteroatoms.